The number of aliphatic hydroxyl groups excluding tert-OH is 1. The number of β-amino-alcohol motifs (C(OH)–C–C–N with tert-alkyl or cyclic N) is 1. The first-order valence-corrected chi connectivity index (χ1v) is 4.99. The monoisotopic (exact) mass is 241 g/mol. The standard InChI is InChI=1S/C8H11N5O4/c14-5-1-6(8(16)17)13(2-5)7(15)3-12-4-9-10-11-12/h4-6,14H,1-3H2,(H,16,17)/t5-,6+/m1/s1. The van der Waals surface area contributed by atoms with Gasteiger partial charge in [0.1, 0.15) is 18.9 Å². The topological polar surface area (TPSA) is 121 Å². The summed E-state index contributed by atoms with van der Waals surface area (Å²) in [5, 5.41) is 28.6. The van der Waals surface area contributed by atoms with E-state index >= 15 is 0 Å². The van der Waals surface area contributed by atoms with Gasteiger partial charge in [0.2, 0.25) is 5.91 Å². The van der Waals surface area contributed by atoms with Crippen molar-refractivity contribution in [2.45, 2.75) is 25.1 Å². The summed E-state index contributed by atoms with van der Waals surface area (Å²) in [6, 6.07) is -0.978. The van der Waals surface area contributed by atoms with Gasteiger partial charge in [0.15, 0.2) is 0 Å². The van der Waals surface area contributed by atoms with Gasteiger partial charge in [-0.1, -0.05) is 0 Å². The Morgan fingerprint density at radius 2 is 2.24 bits per heavy atom. The van der Waals surface area contributed by atoms with Crippen LogP contribution >= 0.6 is 0 Å². The summed E-state index contributed by atoms with van der Waals surface area (Å²) in [7, 11) is 0. The highest BCUT2D eigenvalue weighted by molar-refractivity contribution is 5.84. The molecule has 0 saturated carbocycles. The highest BCUT2D eigenvalue weighted by Gasteiger charge is 2.38. The number of carbonyl (C=O) groups excluding carboxylic acids is 1. The predicted octanol–water partition coefficient (Wildman–Crippen LogP) is -2.28. The predicted molar refractivity (Wildman–Crippen MR) is 51.6 cm³/mol. The van der Waals surface area contributed by atoms with Crippen LogP contribution in [0, 0.1) is 0 Å². The molecule has 92 valence electrons. The van der Waals surface area contributed by atoms with Crippen LogP contribution in [0.5, 0.6) is 0 Å². The number of aliphatic hydroxyl groups is 1. The summed E-state index contributed by atoms with van der Waals surface area (Å²) in [4.78, 5) is 23.9. The molecule has 1 aromatic rings. The number of aromatic nitrogens is 4. The molecule has 0 aliphatic carbocycles. The number of amides is 1. The zero-order chi connectivity index (χ0) is 12.4. The average Bonchev–Trinajstić information content (AvgIpc) is 2.86. The lowest BCUT2D eigenvalue weighted by atomic mass is 10.2. The van der Waals surface area contributed by atoms with E-state index in [9.17, 15) is 14.7 Å². The van der Waals surface area contributed by atoms with Gasteiger partial charge in [0.05, 0.1) is 6.10 Å². The van der Waals surface area contributed by atoms with Gasteiger partial charge < -0.3 is 15.1 Å². The first-order valence-electron chi connectivity index (χ1n) is 4.99. The quantitative estimate of drug-likeness (QED) is 0.611. The maximum atomic E-state index is 11.8. The molecule has 0 aromatic carbocycles. The Bertz CT molecular complexity index is 420. The van der Waals surface area contributed by atoms with Crippen molar-refractivity contribution in [1.82, 2.24) is 25.1 Å². The average molecular weight is 241 g/mol. The Morgan fingerprint density at radius 1 is 1.47 bits per heavy atom. The summed E-state index contributed by atoms with van der Waals surface area (Å²) in [5.41, 5.74) is 0. The van der Waals surface area contributed by atoms with Gasteiger partial charge >= 0.3 is 5.97 Å². The lowest BCUT2D eigenvalue weighted by molar-refractivity contribution is -0.148. The van der Waals surface area contributed by atoms with Crippen LogP contribution in [0.4, 0.5) is 0 Å². The third-order valence-electron chi connectivity index (χ3n) is 2.57. The second kappa shape index (κ2) is 4.45. The first kappa shape index (κ1) is 11.5. The summed E-state index contributed by atoms with van der Waals surface area (Å²) >= 11 is 0. The van der Waals surface area contributed by atoms with Gasteiger partial charge in [0.25, 0.3) is 0 Å². The zero-order valence-electron chi connectivity index (χ0n) is 8.80. The van der Waals surface area contributed by atoms with Crippen molar-refractivity contribution in [3.05, 3.63) is 6.33 Å². The molecule has 2 heterocycles. The second-order valence-electron chi connectivity index (χ2n) is 3.80. The van der Waals surface area contributed by atoms with Crippen molar-refractivity contribution in [2.24, 2.45) is 0 Å². The number of aliphatic carboxylic acids is 1. The number of carboxylic acids is 1. The molecular formula is C8H11N5O4. The maximum Gasteiger partial charge on any atom is 0.326 e. The Labute approximate surface area is 95.6 Å². The van der Waals surface area contributed by atoms with E-state index in [0.29, 0.717) is 0 Å². The summed E-state index contributed by atoms with van der Waals surface area (Å²) < 4.78 is 1.20. The number of likely N-dealkylation sites (tertiary alicyclic amines) is 1. The lowest BCUT2D eigenvalue weighted by Crippen LogP contribution is -2.42. The van der Waals surface area contributed by atoms with Crippen LogP contribution in [0.1, 0.15) is 6.42 Å². The molecule has 1 aliphatic rings. The largest absolute Gasteiger partial charge is 0.480 e. The third kappa shape index (κ3) is 2.38. The number of tetrazole rings is 1. The summed E-state index contributed by atoms with van der Waals surface area (Å²) in [5.74, 6) is -1.55. The van der Waals surface area contributed by atoms with Crippen molar-refractivity contribution in [2.75, 3.05) is 6.54 Å². The minimum atomic E-state index is -1.12. The fourth-order valence-corrected chi connectivity index (χ4v) is 1.81. The summed E-state index contributed by atoms with van der Waals surface area (Å²) in [6.45, 7) is -0.110. The fourth-order valence-electron chi connectivity index (χ4n) is 1.81. The van der Waals surface area contributed by atoms with Gasteiger partial charge in [-0.2, -0.15) is 0 Å². The van der Waals surface area contributed by atoms with E-state index in [1.165, 1.54) is 11.0 Å². The number of nitrogens with zero attached hydrogens (tertiary/aromatic N) is 5. The van der Waals surface area contributed by atoms with Crippen molar-refractivity contribution in [1.29, 1.82) is 0 Å². The van der Waals surface area contributed by atoms with E-state index in [1.807, 2.05) is 0 Å². The number of rotatable bonds is 3. The van der Waals surface area contributed by atoms with Gasteiger partial charge in [0, 0.05) is 13.0 Å². The number of carbonyl (C=O) groups is 2. The Kier molecular flexibility index (Phi) is 3.00. The molecule has 9 nitrogen and oxygen atoms in total. The minimum absolute atomic E-state index is 0.0257. The van der Waals surface area contributed by atoms with Gasteiger partial charge in [-0.15, -0.1) is 5.10 Å². The van der Waals surface area contributed by atoms with Crippen LogP contribution < -0.4 is 0 Å². The van der Waals surface area contributed by atoms with E-state index in [-0.39, 0.29) is 19.5 Å². The molecule has 0 unspecified atom stereocenters. The van der Waals surface area contributed by atoms with Crippen LogP contribution in [-0.2, 0) is 16.1 Å². The van der Waals surface area contributed by atoms with Gasteiger partial charge in [-0.05, 0) is 10.4 Å². The minimum Gasteiger partial charge on any atom is -0.480 e. The highest BCUT2D eigenvalue weighted by Crippen LogP contribution is 2.18. The zero-order valence-corrected chi connectivity index (χ0v) is 8.80. The van der Waals surface area contributed by atoms with Crippen LogP contribution in [0.2, 0.25) is 0 Å². The van der Waals surface area contributed by atoms with E-state index in [0.717, 1.165) is 4.90 Å². The maximum absolute atomic E-state index is 11.8. The molecule has 2 N–H and O–H groups in total. The lowest BCUT2D eigenvalue weighted by Gasteiger charge is -2.20. The molecule has 1 fully saturated rings. The third-order valence-corrected chi connectivity index (χ3v) is 2.57. The molecule has 0 spiro atoms. The van der Waals surface area contributed by atoms with Crippen LogP contribution in [0.3, 0.4) is 0 Å². The highest BCUT2D eigenvalue weighted by atomic mass is 16.4. The fraction of sp³-hybridized carbons (Fsp3) is 0.625. The van der Waals surface area contributed by atoms with Crippen LogP contribution in [-0.4, -0.2) is 65.9 Å². The molecule has 17 heavy (non-hydrogen) atoms. The van der Waals surface area contributed by atoms with Crippen LogP contribution in [0.25, 0.3) is 0 Å². The molecule has 1 saturated heterocycles. The Hall–Kier alpha value is -2.03. The molecular weight excluding hydrogens is 230 g/mol. The first-order chi connectivity index (χ1) is 8.08. The molecule has 1 aliphatic heterocycles. The molecule has 0 bridgehead atoms. The van der Waals surface area contributed by atoms with Gasteiger partial charge in [-0.25, -0.2) is 9.48 Å². The molecule has 9 heteroatoms. The molecule has 2 atom stereocenters. The second-order valence-corrected chi connectivity index (χ2v) is 3.80. The van der Waals surface area contributed by atoms with E-state index in [2.05, 4.69) is 15.5 Å². The summed E-state index contributed by atoms with van der Waals surface area (Å²) in [6.07, 6.45) is 0.519. The number of hydrogen-bond donors (Lipinski definition) is 2. The van der Waals surface area contributed by atoms with E-state index in [4.69, 9.17) is 5.11 Å². The number of carboxylic acid groups (broad SMARTS) is 1. The van der Waals surface area contributed by atoms with E-state index < -0.39 is 24.0 Å². The van der Waals surface area contributed by atoms with Crippen molar-refractivity contribution >= 4 is 11.9 Å². The van der Waals surface area contributed by atoms with Crippen molar-refractivity contribution < 1.29 is 19.8 Å². The smallest absolute Gasteiger partial charge is 0.326 e. The van der Waals surface area contributed by atoms with Crippen LogP contribution in [0.15, 0.2) is 6.33 Å². The van der Waals surface area contributed by atoms with Crippen molar-refractivity contribution in [3.8, 4) is 0 Å². The normalized spacial score (nSPS) is 23.9. The molecule has 1 aromatic heterocycles. The molecule has 2 rings (SSSR count). The molecule has 0 radical (unpaired) electrons. The Balaban J connectivity index is 2.05. The van der Waals surface area contributed by atoms with Crippen molar-refractivity contribution in [3.63, 3.8) is 0 Å². The SMILES string of the molecule is O=C(O)[C@@H]1C[C@@H](O)CN1C(=O)Cn1cnnn1. The number of hydrogen-bond acceptors (Lipinski definition) is 6. The van der Waals surface area contributed by atoms with E-state index in [1.54, 1.807) is 0 Å². The Morgan fingerprint density at radius 3 is 2.82 bits per heavy atom. The molecule has 1 amide bonds. The van der Waals surface area contributed by atoms with Gasteiger partial charge in [-0.3, -0.25) is 4.79 Å².